The molecule has 1 amide bonds. The molecule has 0 atom stereocenters. The van der Waals surface area contributed by atoms with Crippen LogP contribution in [-0.2, 0) is 10.0 Å². The summed E-state index contributed by atoms with van der Waals surface area (Å²) in [7, 11) is -3.73. The first-order chi connectivity index (χ1) is 13.3. The molecule has 10 heteroatoms. The van der Waals surface area contributed by atoms with E-state index in [1.54, 1.807) is 0 Å². The number of hydrogen-bond acceptors (Lipinski definition) is 5. The van der Waals surface area contributed by atoms with E-state index in [0.29, 0.717) is 13.1 Å². The third-order valence-electron chi connectivity index (χ3n) is 4.27. The Morgan fingerprint density at radius 3 is 2.50 bits per heavy atom. The number of aromatic hydroxyl groups is 1. The fourth-order valence-electron chi connectivity index (χ4n) is 2.90. The van der Waals surface area contributed by atoms with Gasteiger partial charge in [0.2, 0.25) is 10.0 Å². The summed E-state index contributed by atoms with van der Waals surface area (Å²) in [4.78, 5) is 12.6. The van der Waals surface area contributed by atoms with Crippen LogP contribution in [-0.4, -0.2) is 42.6 Å². The molecule has 0 unspecified atom stereocenters. The third kappa shape index (κ3) is 4.45. The molecule has 0 spiro atoms. The highest BCUT2D eigenvalue weighted by molar-refractivity contribution is 7.99. The molecule has 1 saturated heterocycles. The second kappa shape index (κ2) is 8.46. The average molecular weight is 428 g/mol. The molecule has 1 fully saturated rings. The van der Waals surface area contributed by atoms with Gasteiger partial charge in [-0.05, 0) is 43.2 Å². The molecule has 0 bridgehead atoms. The fourth-order valence-corrected chi connectivity index (χ4v) is 5.08. The first-order valence-electron chi connectivity index (χ1n) is 8.47. The normalized spacial score (nSPS) is 15.1. The number of amides is 1. The number of alkyl halides is 2. The fraction of sp³-hybridized carbons (Fsp3) is 0.278. The highest BCUT2D eigenvalue weighted by atomic mass is 32.2. The zero-order valence-corrected chi connectivity index (χ0v) is 16.3. The average Bonchev–Trinajstić information content (AvgIpc) is 3.19. The summed E-state index contributed by atoms with van der Waals surface area (Å²) in [6.45, 7) is 0.840. The molecule has 150 valence electrons. The van der Waals surface area contributed by atoms with Gasteiger partial charge in [-0.3, -0.25) is 4.79 Å². The minimum atomic E-state index is -3.73. The molecule has 0 saturated carbocycles. The van der Waals surface area contributed by atoms with E-state index in [9.17, 15) is 27.1 Å². The van der Waals surface area contributed by atoms with Gasteiger partial charge in [-0.2, -0.15) is 13.1 Å². The number of carbonyl (C=O) groups is 1. The molecule has 0 aromatic heterocycles. The second-order valence-electron chi connectivity index (χ2n) is 6.12. The number of halogens is 2. The Hall–Kier alpha value is -2.17. The molecular formula is C18H18F2N2O4S2. The second-order valence-corrected chi connectivity index (χ2v) is 9.09. The topological polar surface area (TPSA) is 86.7 Å². The van der Waals surface area contributed by atoms with Crippen molar-refractivity contribution in [1.29, 1.82) is 0 Å². The van der Waals surface area contributed by atoms with E-state index in [1.165, 1.54) is 46.8 Å². The van der Waals surface area contributed by atoms with Crippen LogP contribution in [0.2, 0.25) is 0 Å². The van der Waals surface area contributed by atoms with Gasteiger partial charge in [0, 0.05) is 18.0 Å². The van der Waals surface area contributed by atoms with Crippen LogP contribution in [0.5, 0.6) is 5.75 Å². The van der Waals surface area contributed by atoms with E-state index >= 15 is 0 Å². The van der Waals surface area contributed by atoms with Crippen molar-refractivity contribution >= 4 is 33.4 Å². The summed E-state index contributed by atoms with van der Waals surface area (Å²) < 4.78 is 52.1. The number of phenolic OH excluding ortho intramolecular Hbond substituents is 1. The van der Waals surface area contributed by atoms with Crippen molar-refractivity contribution in [2.45, 2.75) is 28.4 Å². The van der Waals surface area contributed by atoms with Crippen molar-refractivity contribution in [3.05, 3.63) is 48.0 Å². The number of phenols is 1. The molecule has 0 radical (unpaired) electrons. The number of carbonyl (C=O) groups excluding carboxylic acids is 1. The van der Waals surface area contributed by atoms with Crippen molar-refractivity contribution in [3.8, 4) is 5.75 Å². The smallest absolute Gasteiger partial charge is 0.288 e. The SMILES string of the molecule is O=C(Nc1cc(S(=O)(=O)N2CCCC2)ccc1O)c1ccccc1SC(F)F. The predicted molar refractivity (Wildman–Crippen MR) is 102 cm³/mol. The van der Waals surface area contributed by atoms with Gasteiger partial charge in [0.25, 0.3) is 11.7 Å². The van der Waals surface area contributed by atoms with Crippen molar-refractivity contribution in [2.75, 3.05) is 18.4 Å². The maximum Gasteiger partial charge on any atom is 0.288 e. The predicted octanol–water partition coefficient (Wildman–Crippen LogP) is 3.74. The Balaban J connectivity index is 1.88. The highest BCUT2D eigenvalue weighted by Crippen LogP contribution is 2.32. The molecule has 0 aliphatic carbocycles. The van der Waals surface area contributed by atoms with Crippen LogP contribution in [0.3, 0.4) is 0 Å². The zero-order valence-electron chi connectivity index (χ0n) is 14.6. The number of benzene rings is 2. The van der Waals surface area contributed by atoms with Crippen molar-refractivity contribution in [2.24, 2.45) is 0 Å². The summed E-state index contributed by atoms with van der Waals surface area (Å²) in [5.74, 6) is -3.75. The first kappa shape index (κ1) is 20.6. The van der Waals surface area contributed by atoms with Gasteiger partial charge in [0.1, 0.15) is 5.75 Å². The van der Waals surface area contributed by atoms with E-state index in [-0.39, 0.29) is 38.6 Å². The largest absolute Gasteiger partial charge is 0.506 e. The van der Waals surface area contributed by atoms with Crippen LogP contribution in [0.1, 0.15) is 23.2 Å². The monoisotopic (exact) mass is 428 g/mol. The third-order valence-corrected chi connectivity index (χ3v) is 6.95. The zero-order chi connectivity index (χ0) is 20.3. The molecule has 1 aliphatic rings. The Morgan fingerprint density at radius 1 is 1.14 bits per heavy atom. The van der Waals surface area contributed by atoms with Crippen LogP contribution in [0, 0.1) is 0 Å². The first-order valence-corrected chi connectivity index (χ1v) is 10.8. The van der Waals surface area contributed by atoms with Crippen molar-refractivity contribution < 1.29 is 27.1 Å². The van der Waals surface area contributed by atoms with Gasteiger partial charge >= 0.3 is 0 Å². The molecule has 2 aromatic carbocycles. The van der Waals surface area contributed by atoms with Gasteiger partial charge in [-0.1, -0.05) is 23.9 Å². The number of sulfonamides is 1. The van der Waals surface area contributed by atoms with E-state index < -0.39 is 21.7 Å². The quantitative estimate of drug-likeness (QED) is 0.541. The maximum absolute atomic E-state index is 12.7. The van der Waals surface area contributed by atoms with Crippen LogP contribution in [0.15, 0.2) is 52.3 Å². The Labute approximate surface area is 165 Å². The van der Waals surface area contributed by atoms with Crippen molar-refractivity contribution in [3.63, 3.8) is 0 Å². The van der Waals surface area contributed by atoms with Gasteiger partial charge in [0.05, 0.1) is 16.1 Å². The molecule has 1 heterocycles. The van der Waals surface area contributed by atoms with Crippen LogP contribution >= 0.6 is 11.8 Å². The minimum Gasteiger partial charge on any atom is -0.506 e. The number of anilines is 1. The minimum absolute atomic E-state index is 0.00000289. The molecule has 3 rings (SSSR count). The number of rotatable bonds is 6. The van der Waals surface area contributed by atoms with Gasteiger partial charge in [-0.25, -0.2) is 8.42 Å². The van der Waals surface area contributed by atoms with Crippen molar-refractivity contribution in [1.82, 2.24) is 4.31 Å². The number of nitrogens with one attached hydrogen (secondary N) is 1. The number of thioether (sulfide) groups is 1. The van der Waals surface area contributed by atoms with E-state index in [0.717, 1.165) is 12.8 Å². The lowest BCUT2D eigenvalue weighted by Crippen LogP contribution is -2.28. The summed E-state index contributed by atoms with van der Waals surface area (Å²) in [6, 6.07) is 9.43. The standard InChI is InChI=1S/C18H18F2N2O4S2/c19-18(20)27-16-6-2-1-5-13(16)17(24)21-14-11-12(7-8-15(14)23)28(25,26)22-9-3-4-10-22/h1-2,5-8,11,18,23H,3-4,9-10H2,(H,21,24). The van der Waals surface area contributed by atoms with E-state index in [2.05, 4.69) is 5.32 Å². The Morgan fingerprint density at radius 2 is 1.82 bits per heavy atom. The van der Waals surface area contributed by atoms with Crippen LogP contribution < -0.4 is 5.32 Å². The summed E-state index contributed by atoms with van der Waals surface area (Å²) >= 11 is 0.233. The lowest BCUT2D eigenvalue weighted by atomic mass is 10.2. The van der Waals surface area contributed by atoms with Crippen LogP contribution in [0.4, 0.5) is 14.5 Å². The molecule has 2 aromatic rings. The molecular weight excluding hydrogens is 410 g/mol. The molecule has 1 aliphatic heterocycles. The van der Waals surface area contributed by atoms with Gasteiger partial charge < -0.3 is 10.4 Å². The summed E-state index contributed by atoms with van der Waals surface area (Å²) in [6.07, 6.45) is 1.55. The molecule has 2 N–H and O–H groups in total. The van der Waals surface area contributed by atoms with Gasteiger partial charge in [0.15, 0.2) is 0 Å². The van der Waals surface area contributed by atoms with Gasteiger partial charge in [-0.15, -0.1) is 0 Å². The maximum atomic E-state index is 12.7. The van der Waals surface area contributed by atoms with E-state index in [4.69, 9.17) is 0 Å². The lowest BCUT2D eigenvalue weighted by Gasteiger charge is -2.17. The molecule has 28 heavy (non-hydrogen) atoms. The molecule has 6 nitrogen and oxygen atoms in total. The Bertz CT molecular complexity index is 977. The summed E-state index contributed by atoms with van der Waals surface area (Å²) in [5, 5.41) is 12.4. The summed E-state index contributed by atoms with van der Waals surface area (Å²) in [5.41, 5.74) is -0.109. The lowest BCUT2D eigenvalue weighted by molar-refractivity contribution is 0.102. The Kier molecular flexibility index (Phi) is 6.21. The number of nitrogens with zero attached hydrogens (tertiary/aromatic N) is 1. The van der Waals surface area contributed by atoms with E-state index in [1.807, 2.05) is 0 Å². The van der Waals surface area contributed by atoms with Crippen LogP contribution in [0.25, 0.3) is 0 Å². The highest BCUT2D eigenvalue weighted by Gasteiger charge is 2.28. The number of hydrogen-bond donors (Lipinski definition) is 2.